The summed E-state index contributed by atoms with van der Waals surface area (Å²) >= 11 is 0. The number of benzene rings is 2. The lowest BCUT2D eigenvalue weighted by Crippen LogP contribution is -2.22. The minimum atomic E-state index is -0.254. The van der Waals surface area contributed by atoms with Crippen LogP contribution in [0.5, 0.6) is 5.75 Å². The second-order valence-corrected chi connectivity index (χ2v) is 7.44. The van der Waals surface area contributed by atoms with E-state index < -0.39 is 0 Å². The molecule has 0 aliphatic heterocycles. The number of carbonyl (C=O) groups excluding carboxylic acids is 1. The molecule has 0 unspecified atom stereocenters. The molecule has 6 nitrogen and oxygen atoms in total. The molecule has 27 heavy (non-hydrogen) atoms. The Bertz CT molecular complexity index is 938. The van der Waals surface area contributed by atoms with Gasteiger partial charge in [-0.3, -0.25) is 4.79 Å². The summed E-state index contributed by atoms with van der Waals surface area (Å²) in [7, 11) is 3.43. The van der Waals surface area contributed by atoms with E-state index in [2.05, 4.69) is 10.1 Å². The molecule has 2 aromatic carbocycles. The van der Waals surface area contributed by atoms with E-state index in [1.807, 2.05) is 51.1 Å². The summed E-state index contributed by atoms with van der Waals surface area (Å²) < 4.78 is 11.2. The molecule has 140 valence electrons. The Morgan fingerprint density at radius 3 is 2.37 bits per heavy atom. The average Bonchev–Trinajstić information content (AvgIpc) is 3.10. The zero-order valence-corrected chi connectivity index (χ0v) is 16.2. The molecule has 0 fully saturated rings. The molecule has 0 N–H and O–H groups in total. The highest BCUT2D eigenvalue weighted by Crippen LogP contribution is 2.26. The molecule has 0 atom stereocenters. The van der Waals surface area contributed by atoms with Crippen LogP contribution in [0, 0.1) is 0 Å². The minimum absolute atomic E-state index is 0.0778. The number of carbonyl (C=O) groups is 1. The highest BCUT2D eigenvalue weighted by Gasteiger charge is 2.15. The van der Waals surface area contributed by atoms with E-state index in [0.29, 0.717) is 22.8 Å². The SMILES string of the molecule is CN(C)C(=O)c1cccc(-c2nc(-c3ccc(OC(C)(C)C)cc3)no2)c1. The molecule has 3 aromatic rings. The van der Waals surface area contributed by atoms with Gasteiger partial charge in [0.05, 0.1) is 0 Å². The van der Waals surface area contributed by atoms with Gasteiger partial charge in [0.25, 0.3) is 11.8 Å². The van der Waals surface area contributed by atoms with E-state index in [4.69, 9.17) is 9.26 Å². The fraction of sp³-hybridized carbons (Fsp3) is 0.286. The normalized spacial score (nSPS) is 11.3. The van der Waals surface area contributed by atoms with Crippen LogP contribution < -0.4 is 4.74 Å². The first kappa shape index (κ1) is 18.6. The van der Waals surface area contributed by atoms with Gasteiger partial charge < -0.3 is 14.2 Å². The van der Waals surface area contributed by atoms with Gasteiger partial charge in [-0.2, -0.15) is 4.98 Å². The second-order valence-electron chi connectivity index (χ2n) is 7.44. The lowest BCUT2D eigenvalue weighted by molar-refractivity contribution is 0.0827. The minimum Gasteiger partial charge on any atom is -0.488 e. The van der Waals surface area contributed by atoms with Crippen molar-refractivity contribution in [1.29, 1.82) is 0 Å². The molecule has 0 radical (unpaired) electrons. The molecule has 0 aliphatic rings. The van der Waals surface area contributed by atoms with Gasteiger partial charge in [-0.15, -0.1) is 0 Å². The van der Waals surface area contributed by atoms with E-state index in [-0.39, 0.29) is 11.5 Å². The van der Waals surface area contributed by atoms with Crippen LogP contribution in [-0.2, 0) is 0 Å². The third-order valence-electron chi connectivity index (χ3n) is 3.73. The molecule has 3 rings (SSSR count). The predicted octanol–water partition coefficient (Wildman–Crippen LogP) is 4.28. The van der Waals surface area contributed by atoms with E-state index in [1.54, 1.807) is 32.3 Å². The molecule has 1 amide bonds. The fourth-order valence-electron chi connectivity index (χ4n) is 2.53. The molecule has 0 saturated heterocycles. The topological polar surface area (TPSA) is 68.5 Å². The van der Waals surface area contributed by atoms with Crippen molar-refractivity contribution in [2.45, 2.75) is 26.4 Å². The lowest BCUT2D eigenvalue weighted by atomic mass is 10.1. The quantitative estimate of drug-likeness (QED) is 0.690. The Morgan fingerprint density at radius 2 is 1.74 bits per heavy atom. The summed E-state index contributed by atoms with van der Waals surface area (Å²) in [4.78, 5) is 18.1. The first-order valence-corrected chi connectivity index (χ1v) is 8.68. The number of aromatic nitrogens is 2. The molecular weight excluding hydrogens is 342 g/mol. The number of amides is 1. The maximum absolute atomic E-state index is 12.1. The van der Waals surface area contributed by atoms with Crippen molar-refractivity contribution in [3.05, 3.63) is 54.1 Å². The van der Waals surface area contributed by atoms with Crippen molar-refractivity contribution in [3.8, 4) is 28.6 Å². The van der Waals surface area contributed by atoms with Gasteiger partial charge in [0.2, 0.25) is 5.82 Å². The second kappa shape index (κ2) is 7.23. The first-order valence-electron chi connectivity index (χ1n) is 8.68. The number of ether oxygens (including phenoxy) is 1. The van der Waals surface area contributed by atoms with Gasteiger partial charge in [-0.05, 0) is 63.2 Å². The van der Waals surface area contributed by atoms with Gasteiger partial charge >= 0.3 is 0 Å². The van der Waals surface area contributed by atoms with Crippen LogP contribution in [-0.4, -0.2) is 40.6 Å². The third-order valence-corrected chi connectivity index (χ3v) is 3.73. The van der Waals surface area contributed by atoms with Crippen LogP contribution >= 0.6 is 0 Å². The van der Waals surface area contributed by atoms with Crippen molar-refractivity contribution in [2.75, 3.05) is 14.1 Å². The Hall–Kier alpha value is -3.15. The number of hydrogen-bond donors (Lipinski definition) is 0. The monoisotopic (exact) mass is 365 g/mol. The highest BCUT2D eigenvalue weighted by atomic mass is 16.5. The van der Waals surface area contributed by atoms with Crippen molar-refractivity contribution in [1.82, 2.24) is 15.0 Å². The highest BCUT2D eigenvalue weighted by molar-refractivity contribution is 5.94. The predicted molar refractivity (Wildman–Crippen MR) is 104 cm³/mol. The lowest BCUT2D eigenvalue weighted by Gasteiger charge is -2.21. The molecule has 6 heteroatoms. The van der Waals surface area contributed by atoms with Crippen LogP contribution in [0.25, 0.3) is 22.8 Å². The van der Waals surface area contributed by atoms with Crippen LogP contribution in [0.2, 0.25) is 0 Å². The Morgan fingerprint density at radius 1 is 1.04 bits per heavy atom. The molecule has 0 spiro atoms. The van der Waals surface area contributed by atoms with Gasteiger partial charge in [0.1, 0.15) is 11.4 Å². The zero-order chi connectivity index (χ0) is 19.6. The smallest absolute Gasteiger partial charge is 0.258 e. The first-order chi connectivity index (χ1) is 12.7. The maximum Gasteiger partial charge on any atom is 0.258 e. The van der Waals surface area contributed by atoms with Crippen molar-refractivity contribution in [2.24, 2.45) is 0 Å². The molecule has 0 aliphatic carbocycles. The summed E-state index contributed by atoms with van der Waals surface area (Å²) in [6.45, 7) is 6.00. The van der Waals surface area contributed by atoms with E-state index in [1.165, 1.54) is 4.90 Å². The van der Waals surface area contributed by atoms with Crippen LogP contribution in [0.3, 0.4) is 0 Å². The summed E-state index contributed by atoms with van der Waals surface area (Å²) in [5, 5.41) is 4.05. The largest absolute Gasteiger partial charge is 0.488 e. The summed E-state index contributed by atoms with van der Waals surface area (Å²) in [6, 6.07) is 14.7. The van der Waals surface area contributed by atoms with Gasteiger partial charge in [0.15, 0.2) is 0 Å². The van der Waals surface area contributed by atoms with Crippen molar-refractivity contribution < 1.29 is 14.1 Å². The van der Waals surface area contributed by atoms with E-state index in [0.717, 1.165) is 11.3 Å². The van der Waals surface area contributed by atoms with Crippen molar-refractivity contribution >= 4 is 5.91 Å². The van der Waals surface area contributed by atoms with Crippen molar-refractivity contribution in [3.63, 3.8) is 0 Å². The Kier molecular flexibility index (Phi) is 4.99. The molecular formula is C21H23N3O3. The standard InChI is InChI=1S/C21H23N3O3/c1-21(2,3)26-17-11-9-14(10-12-17)18-22-19(27-23-18)15-7-6-8-16(13-15)20(25)24(4)5/h6-13H,1-5H3. The molecule has 0 bridgehead atoms. The summed E-state index contributed by atoms with van der Waals surface area (Å²) in [6.07, 6.45) is 0. The number of rotatable bonds is 4. The van der Waals surface area contributed by atoms with Gasteiger partial charge in [0, 0.05) is 30.8 Å². The number of nitrogens with zero attached hydrogens (tertiary/aromatic N) is 3. The summed E-state index contributed by atoms with van der Waals surface area (Å²) in [5.41, 5.74) is 1.84. The van der Waals surface area contributed by atoms with Gasteiger partial charge in [-0.1, -0.05) is 11.2 Å². The molecule has 1 heterocycles. The Labute approximate surface area is 158 Å². The Balaban J connectivity index is 1.83. The van der Waals surface area contributed by atoms with Crippen LogP contribution in [0.1, 0.15) is 31.1 Å². The number of hydrogen-bond acceptors (Lipinski definition) is 5. The van der Waals surface area contributed by atoms with E-state index in [9.17, 15) is 4.79 Å². The summed E-state index contributed by atoms with van der Waals surface area (Å²) in [5.74, 6) is 1.56. The maximum atomic E-state index is 12.1. The fourth-order valence-corrected chi connectivity index (χ4v) is 2.53. The van der Waals surface area contributed by atoms with Crippen LogP contribution in [0.4, 0.5) is 0 Å². The third kappa shape index (κ3) is 4.53. The van der Waals surface area contributed by atoms with Gasteiger partial charge in [-0.25, -0.2) is 0 Å². The molecule has 1 aromatic heterocycles. The van der Waals surface area contributed by atoms with E-state index >= 15 is 0 Å². The average molecular weight is 365 g/mol. The molecule has 0 saturated carbocycles. The zero-order valence-electron chi connectivity index (χ0n) is 16.2. The van der Waals surface area contributed by atoms with Crippen LogP contribution in [0.15, 0.2) is 53.1 Å².